The van der Waals surface area contributed by atoms with E-state index in [-0.39, 0.29) is 18.4 Å². The van der Waals surface area contributed by atoms with Gasteiger partial charge in [-0.15, -0.1) is 0 Å². The number of carbonyl (C=O) groups excluding carboxylic acids is 1. The van der Waals surface area contributed by atoms with Crippen LogP contribution in [0.1, 0.15) is 35.6 Å². The summed E-state index contributed by atoms with van der Waals surface area (Å²) in [6.45, 7) is 5.88. The van der Waals surface area contributed by atoms with Crippen molar-refractivity contribution in [3.05, 3.63) is 81.5 Å². The first kappa shape index (κ1) is 21.1. The molecular formula is C27H26N2O4. The third-order valence-corrected chi connectivity index (χ3v) is 6.39. The van der Waals surface area contributed by atoms with Crippen molar-refractivity contribution < 1.29 is 13.6 Å². The predicted molar refractivity (Wildman–Crippen MR) is 130 cm³/mol. The lowest BCUT2D eigenvalue weighted by atomic mass is 10.0. The second-order valence-corrected chi connectivity index (χ2v) is 8.79. The molecule has 0 aliphatic heterocycles. The van der Waals surface area contributed by atoms with Crippen LogP contribution >= 0.6 is 0 Å². The molecule has 0 saturated carbocycles. The van der Waals surface area contributed by atoms with Crippen molar-refractivity contribution >= 4 is 38.7 Å². The fourth-order valence-corrected chi connectivity index (χ4v) is 4.59. The van der Waals surface area contributed by atoms with Gasteiger partial charge in [-0.1, -0.05) is 18.2 Å². The molecule has 6 nitrogen and oxygen atoms in total. The zero-order valence-corrected chi connectivity index (χ0v) is 19.0. The SMILES string of the molecule is Cc1coc2cc3oc(=O)c(CCC(=O)N[C@@H](C)Cc4c[nH]c5ccccc45)c(C)c3cc12. The number of aromatic amines is 1. The summed E-state index contributed by atoms with van der Waals surface area (Å²) in [7, 11) is 0. The Morgan fingerprint density at radius 3 is 2.76 bits per heavy atom. The number of para-hydroxylation sites is 1. The number of fused-ring (bicyclic) bond motifs is 3. The highest BCUT2D eigenvalue weighted by Gasteiger charge is 2.16. The van der Waals surface area contributed by atoms with E-state index >= 15 is 0 Å². The van der Waals surface area contributed by atoms with Crippen molar-refractivity contribution in [1.29, 1.82) is 0 Å². The quantitative estimate of drug-likeness (QED) is 0.349. The second-order valence-electron chi connectivity index (χ2n) is 8.79. The van der Waals surface area contributed by atoms with Gasteiger partial charge >= 0.3 is 5.63 Å². The standard InChI is InChI=1S/C27H26N2O4/c1-15-14-32-24-12-25-22(11-21(15)24)17(3)19(27(31)33-25)8-9-26(30)29-16(2)10-18-13-28-23-7-5-4-6-20(18)23/h4-7,11-14,16,28H,8-10H2,1-3H3,(H,29,30)/t16-/m0/s1. The fourth-order valence-electron chi connectivity index (χ4n) is 4.59. The smallest absolute Gasteiger partial charge is 0.339 e. The Morgan fingerprint density at radius 1 is 1.09 bits per heavy atom. The molecule has 6 heteroatoms. The molecule has 1 atom stereocenters. The molecule has 0 saturated heterocycles. The lowest BCUT2D eigenvalue weighted by Crippen LogP contribution is -2.34. The summed E-state index contributed by atoms with van der Waals surface area (Å²) in [5.74, 6) is -0.0811. The summed E-state index contributed by atoms with van der Waals surface area (Å²) in [6, 6.07) is 11.9. The van der Waals surface area contributed by atoms with Gasteiger partial charge in [-0.3, -0.25) is 4.79 Å². The van der Waals surface area contributed by atoms with Crippen LogP contribution in [0.3, 0.4) is 0 Å². The number of aromatic nitrogens is 1. The first-order chi connectivity index (χ1) is 15.9. The predicted octanol–water partition coefficient (Wildman–Crippen LogP) is 5.32. The molecule has 168 valence electrons. The van der Waals surface area contributed by atoms with Crippen LogP contribution in [0.25, 0.3) is 32.8 Å². The number of amides is 1. The molecule has 0 unspecified atom stereocenters. The largest absolute Gasteiger partial charge is 0.464 e. The summed E-state index contributed by atoms with van der Waals surface area (Å²) in [5.41, 5.74) is 5.48. The number of hydrogen-bond donors (Lipinski definition) is 2. The first-order valence-electron chi connectivity index (χ1n) is 11.2. The zero-order chi connectivity index (χ0) is 23.1. The molecule has 0 spiro atoms. The van der Waals surface area contributed by atoms with E-state index in [4.69, 9.17) is 8.83 Å². The van der Waals surface area contributed by atoms with Gasteiger partial charge in [0, 0.05) is 52.0 Å². The van der Waals surface area contributed by atoms with E-state index in [1.54, 1.807) is 12.3 Å². The molecule has 5 aromatic rings. The van der Waals surface area contributed by atoms with Gasteiger partial charge in [-0.2, -0.15) is 0 Å². The van der Waals surface area contributed by atoms with Crippen molar-refractivity contribution in [2.24, 2.45) is 0 Å². The average molecular weight is 443 g/mol. The topological polar surface area (TPSA) is 88.2 Å². The van der Waals surface area contributed by atoms with Crippen molar-refractivity contribution in [3.8, 4) is 0 Å². The number of carbonyl (C=O) groups is 1. The third kappa shape index (κ3) is 3.93. The summed E-state index contributed by atoms with van der Waals surface area (Å²) < 4.78 is 11.1. The highest BCUT2D eigenvalue weighted by Crippen LogP contribution is 2.29. The summed E-state index contributed by atoms with van der Waals surface area (Å²) >= 11 is 0. The van der Waals surface area contributed by atoms with E-state index in [2.05, 4.69) is 16.4 Å². The lowest BCUT2D eigenvalue weighted by molar-refractivity contribution is -0.121. The number of aryl methyl sites for hydroxylation is 2. The van der Waals surface area contributed by atoms with Crippen molar-refractivity contribution in [2.75, 3.05) is 0 Å². The zero-order valence-electron chi connectivity index (χ0n) is 19.0. The molecule has 33 heavy (non-hydrogen) atoms. The number of H-pyrrole nitrogens is 1. The van der Waals surface area contributed by atoms with Gasteiger partial charge in [-0.05, 0) is 62.4 Å². The highest BCUT2D eigenvalue weighted by molar-refractivity contribution is 5.96. The van der Waals surface area contributed by atoms with Crippen LogP contribution in [0.4, 0.5) is 0 Å². The Labute approximate surface area is 190 Å². The number of hydrogen-bond acceptors (Lipinski definition) is 4. The summed E-state index contributed by atoms with van der Waals surface area (Å²) in [4.78, 5) is 28.5. The van der Waals surface area contributed by atoms with Crippen LogP contribution in [0, 0.1) is 13.8 Å². The van der Waals surface area contributed by atoms with Crippen molar-refractivity contribution in [3.63, 3.8) is 0 Å². The minimum atomic E-state index is -0.401. The van der Waals surface area contributed by atoms with Gasteiger partial charge in [0.15, 0.2) is 0 Å². The molecule has 0 aliphatic carbocycles. The minimum absolute atomic E-state index is 0.0248. The van der Waals surface area contributed by atoms with Gasteiger partial charge in [0.2, 0.25) is 5.91 Å². The lowest BCUT2D eigenvalue weighted by Gasteiger charge is -2.14. The number of rotatable bonds is 6. The minimum Gasteiger partial charge on any atom is -0.464 e. The summed E-state index contributed by atoms with van der Waals surface area (Å²) in [5, 5.41) is 6.10. The fraction of sp³-hybridized carbons (Fsp3) is 0.259. The van der Waals surface area contributed by atoms with Crippen LogP contribution in [0.5, 0.6) is 0 Å². The maximum absolute atomic E-state index is 12.6. The first-order valence-corrected chi connectivity index (χ1v) is 11.2. The van der Waals surface area contributed by atoms with Gasteiger partial charge in [0.25, 0.3) is 0 Å². The Kier molecular flexibility index (Phi) is 5.29. The molecule has 5 rings (SSSR count). The van der Waals surface area contributed by atoms with E-state index in [9.17, 15) is 9.59 Å². The van der Waals surface area contributed by atoms with E-state index < -0.39 is 5.63 Å². The Morgan fingerprint density at radius 2 is 1.91 bits per heavy atom. The monoisotopic (exact) mass is 442 g/mol. The van der Waals surface area contributed by atoms with E-state index in [1.165, 1.54) is 10.9 Å². The molecule has 0 fully saturated rings. The molecule has 0 bridgehead atoms. The third-order valence-electron chi connectivity index (χ3n) is 6.39. The normalized spacial score (nSPS) is 12.6. The van der Waals surface area contributed by atoms with Crippen LogP contribution in [0.15, 0.2) is 62.5 Å². The van der Waals surface area contributed by atoms with Gasteiger partial charge < -0.3 is 19.1 Å². The van der Waals surface area contributed by atoms with Gasteiger partial charge in [0.05, 0.1) is 6.26 Å². The molecule has 2 aromatic carbocycles. The highest BCUT2D eigenvalue weighted by atomic mass is 16.4. The molecular weight excluding hydrogens is 416 g/mol. The molecule has 0 radical (unpaired) electrons. The van der Waals surface area contributed by atoms with Crippen LogP contribution < -0.4 is 10.9 Å². The van der Waals surface area contributed by atoms with Crippen molar-refractivity contribution in [1.82, 2.24) is 10.3 Å². The molecule has 3 heterocycles. The molecule has 0 aliphatic rings. The van der Waals surface area contributed by atoms with Crippen LogP contribution in [0.2, 0.25) is 0 Å². The van der Waals surface area contributed by atoms with E-state index in [0.717, 1.165) is 33.8 Å². The molecule has 1 amide bonds. The summed E-state index contributed by atoms with van der Waals surface area (Å²) in [6.07, 6.45) is 4.97. The van der Waals surface area contributed by atoms with Crippen LogP contribution in [-0.4, -0.2) is 16.9 Å². The second kappa shape index (κ2) is 8.28. The maximum Gasteiger partial charge on any atom is 0.339 e. The Hall–Kier alpha value is -3.80. The molecule has 3 aromatic heterocycles. The average Bonchev–Trinajstić information content (AvgIpc) is 3.36. The number of benzene rings is 2. The Bertz CT molecular complexity index is 1550. The maximum atomic E-state index is 12.6. The van der Waals surface area contributed by atoms with Gasteiger partial charge in [0.1, 0.15) is 11.2 Å². The van der Waals surface area contributed by atoms with E-state index in [1.807, 2.05) is 51.2 Å². The number of furan rings is 1. The number of nitrogens with one attached hydrogen (secondary N) is 2. The van der Waals surface area contributed by atoms with E-state index in [0.29, 0.717) is 23.2 Å². The van der Waals surface area contributed by atoms with Gasteiger partial charge in [-0.25, -0.2) is 4.79 Å². The Balaban J connectivity index is 1.29. The molecule has 2 N–H and O–H groups in total. The van der Waals surface area contributed by atoms with Crippen molar-refractivity contribution in [2.45, 2.75) is 46.1 Å². The van der Waals surface area contributed by atoms with Crippen LogP contribution in [-0.2, 0) is 17.6 Å².